The van der Waals surface area contributed by atoms with Crippen LogP contribution in [0.3, 0.4) is 0 Å². The Bertz CT molecular complexity index is 719. The first-order chi connectivity index (χ1) is 13.3. The molecule has 0 saturated heterocycles. The van der Waals surface area contributed by atoms with Gasteiger partial charge in [-0.05, 0) is 60.7 Å². The maximum absolute atomic E-state index is 4.03. The van der Waals surface area contributed by atoms with Gasteiger partial charge in [0.2, 0.25) is 0 Å². The highest BCUT2D eigenvalue weighted by Crippen LogP contribution is 2.35. The van der Waals surface area contributed by atoms with Gasteiger partial charge >= 0.3 is 0 Å². The normalized spacial score (nSPS) is 16.0. The van der Waals surface area contributed by atoms with Gasteiger partial charge < -0.3 is 0 Å². The van der Waals surface area contributed by atoms with Crippen molar-refractivity contribution in [1.82, 2.24) is 0 Å². The van der Waals surface area contributed by atoms with E-state index in [-0.39, 0.29) is 10.9 Å². The van der Waals surface area contributed by atoms with Gasteiger partial charge in [0.15, 0.2) is 14.7 Å². The Morgan fingerprint density at radius 2 is 1.44 bits per heavy atom. The number of hydrogen-bond donors (Lipinski definition) is 0. The van der Waals surface area contributed by atoms with Crippen LogP contribution in [0.2, 0.25) is 0 Å². The van der Waals surface area contributed by atoms with E-state index < -0.39 is 0 Å². The average molecular weight is 378 g/mol. The summed E-state index contributed by atoms with van der Waals surface area (Å²) in [4.78, 5) is 3.88. The Labute approximate surface area is 169 Å². The molecular formula is C26H33S+. The zero-order valence-electron chi connectivity index (χ0n) is 16.9. The molecular weight excluding hydrogens is 344 g/mol. The fraction of sp³-hybridized carbons (Fsp3) is 0.308. The summed E-state index contributed by atoms with van der Waals surface area (Å²) in [5.41, 5.74) is 1.51. The standard InChI is InChI=1S/C24H27S.C2H6/c1-3-11-22(4-2)25(23-14-9-6-10-15-23)24-18-16-21(17-19-24)20-12-7-5-8-13-20;1-2/h3-4,6,9-11,14-20H,1-2,5,7-8,12-13H2;1-2H3/q+1;/b22-11+;. The molecule has 1 heteroatoms. The quantitative estimate of drug-likeness (QED) is 0.353. The minimum atomic E-state index is -0.130. The van der Waals surface area contributed by atoms with Gasteiger partial charge in [-0.3, -0.25) is 0 Å². The Morgan fingerprint density at radius 3 is 2.00 bits per heavy atom. The summed E-state index contributed by atoms with van der Waals surface area (Å²) in [6.07, 6.45) is 12.8. The van der Waals surface area contributed by atoms with Crippen molar-refractivity contribution in [2.24, 2.45) is 0 Å². The molecule has 0 aromatic heterocycles. The maximum atomic E-state index is 4.03. The van der Waals surface area contributed by atoms with Crippen LogP contribution < -0.4 is 0 Å². The second-order valence-electron chi connectivity index (χ2n) is 6.53. The minimum absolute atomic E-state index is 0.130. The summed E-state index contributed by atoms with van der Waals surface area (Å²) < 4.78 is 0. The van der Waals surface area contributed by atoms with Gasteiger partial charge in [-0.2, -0.15) is 0 Å². The minimum Gasteiger partial charge on any atom is -0.0989 e. The van der Waals surface area contributed by atoms with Gasteiger partial charge in [0.1, 0.15) is 0 Å². The molecule has 2 aromatic carbocycles. The molecule has 0 bridgehead atoms. The van der Waals surface area contributed by atoms with Crippen molar-refractivity contribution in [1.29, 1.82) is 0 Å². The fourth-order valence-electron chi connectivity index (χ4n) is 3.61. The van der Waals surface area contributed by atoms with Crippen LogP contribution in [0, 0.1) is 0 Å². The number of hydrogen-bond acceptors (Lipinski definition) is 0. The lowest BCUT2D eigenvalue weighted by molar-refractivity contribution is 0.443. The second kappa shape index (κ2) is 11.7. The van der Waals surface area contributed by atoms with Crippen LogP contribution in [0.25, 0.3) is 0 Å². The molecule has 1 atom stereocenters. The molecule has 0 radical (unpaired) electrons. The third kappa shape index (κ3) is 5.74. The van der Waals surface area contributed by atoms with Gasteiger partial charge in [0, 0.05) is 0 Å². The van der Waals surface area contributed by atoms with E-state index in [1.165, 1.54) is 52.4 Å². The lowest BCUT2D eigenvalue weighted by Gasteiger charge is -2.22. The van der Waals surface area contributed by atoms with Crippen LogP contribution >= 0.6 is 0 Å². The molecule has 0 nitrogen and oxygen atoms in total. The second-order valence-corrected chi connectivity index (χ2v) is 8.56. The van der Waals surface area contributed by atoms with Gasteiger partial charge in [0.05, 0.1) is 10.9 Å². The summed E-state index contributed by atoms with van der Waals surface area (Å²) in [6, 6.07) is 20.0. The fourth-order valence-corrected chi connectivity index (χ4v) is 5.67. The SMILES string of the molecule is C=C/C=C(\C=C)[S+](c1ccccc1)c1ccc(C2CCCCC2)cc1.CC. The van der Waals surface area contributed by atoms with Crippen LogP contribution in [-0.2, 0) is 10.9 Å². The molecule has 27 heavy (non-hydrogen) atoms. The van der Waals surface area contributed by atoms with E-state index in [0.29, 0.717) is 0 Å². The summed E-state index contributed by atoms with van der Waals surface area (Å²) in [7, 11) is -0.130. The highest BCUT2D eigenvalue weighted by Gasteiger charge is 2.29. The highest BCUT2D eigenvalue weighted by molar-refractivity contribution is 8.00. The van der Waals surface area contributed by atoms with Crippen molar-refractivity contribution in [2.45, 2.75) is 61.7 Å². The molecule has 2 aromatic rings. The molecule has 0 spiro atoms. The zero-order valence-corrected chi connectivity index (χ0v) is 17.7. The lowest BCUT2D eigenvalue weighted by Crippen LogP contribution is -2.07. The third-order valence-electron chi connectivity index (χ3n) is 4.89. The van der Waals surface area contributed by atoms with Crippen molar-refractivity contribution in [3.63, 3.8) is 0 Å². The van der Waals surface area contributed by atoms with Crippen molar-refractivity contribution in [3.05, 3.63) is 96.5 Å². The van der Waals surface area contributed by atoms with E-state index in [9.17, 15) is 0 Å². The van der Waals surface area contributed by atoms with E-state index >= 15 is 0 Å². The molecule has 0 amide bonds. The van der Waals surface area contributed by atoms with Crippen molar-refractivity contribution >= 4 is 10.9 Å². The summed E-state index contributed by atoms with van der Waals surface area (Å²) in [5.74, 6) is 0.754. The molecule has 1 aliphatic carbocycles. The van der Waals surface area contributed by atoms with Crippen molar-refractivity contribution in [2.75, 3.05) is 0 Å². The first-order valence-corrected chi connectivity index (χ1v) is 11.4. The Morgan fingerprint density at radius 1 is 0.852 bits per heavy atom. The van der Waals surface area contributed by atoms with Crippen LogP contribution in [-0.4, -0.2) is 0 Å². The van der Waals surface area contributed by atoms with E-state index in [4.69, 9.17) is 0 Å². The topological polar surface area (TPSA) is 0 Å². The molecule has 1 aliphatic rings. The van der Waals surface area contributed by atoms with Crippen molar-refractivity contribution in [3.8, 4) is 0 Å². The first-order valence-electron chi connectivity index (χ1n) is 10.2. The predicted molar refractivity (Wildman–Crippen MR) is 122 cm³/mol. The smallest absolute Gasteiger partial charge is 0.0989 e. The molecule has 142 valence electrons. The van der Waals surface area contributed by atoms with Crippen LogP contribution in [0.1, 0.15) is 57.4 Å². The van der Waals surface area contributed by atoms with Gasteiger partial charge in [-0.1, -0.05) is 82.7 Å². The summed E-state index contributed by atoms with van der Waals surface area (Å²) >= 11 is 0. The molecule has 0 heterocycles. The number of benzene rings is 2. The first kappa shape index (κ1) is 21.3. The van der Waals surface area contributed by atoms with Crippen LogP contribution in [0.4, 0.5) is 0 Å². The maximum Gasteiger partial charge on any atom is 0.166 e. The molecule has 1 unspecified atom stereocenters. The molecule has 3 rings (SSSR count). The van der Waals surface area contributed by atoms with Crippen LogP contribution in [0.5, 0.6) is 0 Å². The average Bonchev–Trinajstić information content (AvgIpc) is 2.76. The molecule has 0 aliphatic heterocycles. The summed E-state index contributed by atoms with van der Waals surface area (Å²) in [6.45, 7) is 11.9. The predicted octanol–water partition coefficient (Wildman–Crippen LogP) is 8.05. The van der Waals surface area contributed by atoms with Crippen molar-refractivity contribution < 1.29 is 0 Å². The molecule has 0 N–H and O–H groups in total. The van der Waals surface area contributed by atoms with E-state index in [2.05, 4.69) is 73.8 Å². The third-order valence-corrected chi connectivity index (χ3v) is 7.15. The number of rotatable bonds is 6. The summed E-state index contributed by atoms with van der Waals surface area (Å²) in [5, 5.41) is 0. The monoisotopic (exact) mass is 377 g/mol. The Balaban J connectivity index is 0.00000126. The van der Waals surface area contributed by atoms with E-state index in [0.717, 1.165) is 5.92 Å². The van der Waals surface area contributed by atoms with Crippen LogP contribution in [0.15, 0.2) is 101 Å². The molecule has 1 saturated carbocycles. The lowest BCUT2D eigenvalue weighted by atomic mass is 9.84. The van der Waals surface area contributed by atoms with Gasteiger partial charge in [-0.15, -0.1) is 0 Å². The number of allylic oxidation sites excluding steroid dienone is 3. The van der Waals surface area contributed by atoms with Gasteiger partial charge in [0.25, 0.3) is 0 Å². The largest absolute Gasteiger partial charge is 0.166 e. The highest BCUT2D eigenvalue weighted by atomic mass is 32.2. The zero-order chi connectivity index (χ0) is 19.5. The van der Waals surface area contributed by atoms with E-state index in [1.807, 2.05) is 26.0 Å². The Kier molecular flexibility index (Phi) is 9.21. The Hall–Kier alpha value is -1.99. The van der Waals surface area contributed by atoms with Gasteiger partial charge in [-0.25, -0.2) is 0 Å². The van der Waals surface area contributed by atoms with E-state index in [1.54, 1.807) is 0 Å². The molecule has 1 fully saturated rings.